The Morgan fingerprint density at radius 3 is 2.29 bits per heavy atom. The summed E-state index contributed by atoms with van der Waals surface area (Å²) in [6.07, 6.45) is 2.37. The fourth-order valence-electron chi connectivity index (χ4n) is 1.15. The number of hydrogen-bond acceptors (Lipinski definition) is 4. The van der Waals surface area contributed by atoms with E-state index in [-0.39, 0.29) is 24.7 Å². The molecule has 0 radical (unpaired) electrons. The lowest BCUT2D eigenvalue weighted by Crippen LogP contribution is -2.30. The Morgan fingerprint density at radius 2 is 1.82 bits per heavy atom. The van der Waals surface area contributed by atoms with E-state index in [2.05, 4.69) is 0 Å². The Bertz CT molecular complexity index is 261. The molecule has 0 fully saturated rings. The maximum absolute atomic E-state index is 11.6. The molecule has 0 saturated carbocycles. The van der Waals surface area contributed by atoms with Crippen LogP contribution in [0.4, 0.5) is 0 Å². The highest BCUT2D eigenvalue weighted by atomic mass is 32.2. The Balaban J connectivity index is 3.87. The molecule has 1 amide bonds. The second-order valence-corrected chi connectivity index (χ2v) is 5.88. The number of hydrogen-bond donors (Lipinski definition) is 0. The summed E-state index contributed by atoms with van der Waals surface area (Å²) in [5.41, 5.74) is -0.481. The van der Waals surface area contributed by atoms with Crippen molar-refractivity contribution in [3.63, 3.8) is 0 Å². The molecule has 0 heterocycles. The SMILES string of the molecule is CSCCN(C)C(=O)CCC(=O)OC(C)(C)C. The number of rotatable bonds is 6. The molecule has 0 atom stereocenters. The van der Waals surface area contributed by atoms with Crippen LogP contribution in [0, 0.1) is 0 Å². The topological polar surface area (TPSA) is 46.6 Å². The van der Waals surface area contributed by atoms with Gasteiger partial charge in [-0.25, -0.2) is 0 Å². The standard InChI is InChI=1S/C12H23NO3S/c1-12(2,3)16-11(15)7-6-10(14)13(4)8-9-17-5/h6-9H2,1-5H3. The highest BCUT2D eigenvalue weighted by molar-refractivity contribution is 7.98. The van der Waals surface area contributed by atoms with Crippen molar-refractivity contribution in [2.45, 2.75) is 39.2 Å². The monoisotopic (exact) mass is 261 g/mol. The Morgan fingerprint density at radius 1 is 1.24 bits per heavy atom. The van der Waals surface area contributed by atoms with Gasteiger partial charge in [0.05, 0.1) is 6.42 Å². The fraction of sp³-hybridized carbons (Fsp3) is 0.833. The van der Waals surface area contributed by atoms with Crippen molar-refractivity contribution in [2.75, 3.05) is 25.6 Å². The zero-order valence-electron chi connectivity index (χ0n) is 11.4. The van der Waals surface area contributed by atoms with Crippen LogP contribution in [0.5, 0.6) is 0 Å². The van der Waals surface area contributed by atoms with Crippen LogP contribution in [-0.4, -0.2) is 48.0 Å². The minimum atomic E-state index is -0.481. The van der Waals surface area contributed by atoms with Gasteiger partial charge in [0.15, 0.2) is 0 Å². The summed E-state index contributed by atoms with van der Waals surface area (Å²) in [7, 11) is 1.76. The molecule has 0 saturated heterocycles. The number of ether oxygens (including phenoxy) is 1. The first-order chi connectivity index (χ1) is 7.76. The predicted octanol–water partition coefficient (Wildman–Crippen LogP) is 1.93. The van der Waals surface area contributed by atoms with Gasteiger partial charge >= 0.3 is 5.97 Å². The van der Waals surface area contributed by atoms with Crippen molar-refractivity contribution in [3.05, 3.63) is 0 Å². The van der Waals surface area contributed by atoms with E-state index in [1.807, 2.05) is 27.0 Å². The van der Waals surface area contributed by atoms with Gasteiger partial charge in [0.1, 0.15) is 5.60 Å². The third-order valence-corrected chi connectivity index (χ3v) is 2.61. The van der Waals surface area contributed by atoms with E-state index in [9.17, 15) is 9.59 Å². The number of esters is 1. The van der Waals surface area contributed by atoms with Gasteiger partial charge in [-0.2, -0.15) is 11.8 Å². The Hall–Kier alpha value is -0.710. The van der Waals surface area contributed by atoms with Gasteiger partial charge in [-0.3, -0.25) is 9.59 Å². The number of nitrogens with zero attached hydrogens (tertiary/aromatic N) is 1. The fourth-order valence-corrected chi connectivity index (χ4v) is 1.60. The summed E-state index contributed by atoms with van der Waals surface area (Å²) in [5.74, 6) is 0.586. The second-order valence-electron chi connectivity index (χ2n) is 4.89. The first-order valence-corrected chi connectivity index (χ1v) is 7.10. The van der Waals surface area contributed by atoms with E-state index in [4.69, 9.17) is 4.74 Å². The van der Waals surface area contributed by atoms with E-state index < -0.39 is 5.60 Å². The number of carbonyl (C=O) groups excluding carboxylic acids is 2. The summed E-state index contributed by atoms with van der Waals surface area (Å²) in [4.78, 5) is 24.7. The molecule has 0 aliphatic carbocycles. The van der Waals surface area contributed by atoms with Crippen LogP contribution in [0.1, 0.15) is 33.6 Å². The van der Waals surface area contributed by atoms with E-state index in [0.29, 0.717) is 6.54 Å². The summed E-state index contributed by atoms with van der Waals surface area (Å²) in [6.45, 7) is 6.17. The van der Waals surface area contributed by atoms with Crippen molar-refractivity contribution >= 4 is 23.6 Å². The number of thioether (sulfide) groups is 1. The molecule has 0 aromatic carbocycles. The van der Waals surface area contributed by atoms with Gasteiger partial charge in [0, 0.05) is 25.8 Å². The van der Waals surface area contributed by atoms with Crippen LogP contribution < -0.4 is 0 Å². The molecule has 0 N–H and O–H groups in total. The smallest absolute Gasteiger partial charge is 0.306 e. The number of amides is 1. The van der Waals surface area contributed by atoms with Crippen LogP contribution in [-0.2, 0) is 14.3 Å². The Labute approximate surface area is 108 Å². The van der Waals surface area contributed by atoms with Gasteiger partial charge in [-0.05, 0) is 27.0 Å². The zero-order valence-corrected chi connectivity index (χ0v) is 12.2. The number of carbonyl (C=O) groups is 2. The first kappa shape index (κ1) is 16.3. The minimum Gasteiger partial charge on any atom is -0.460 e. The van der Waals surface area contributed by atoms with Crippen LogP contribution in [0.25, 0.3) is 0 Å². The maximum Gasteiger partial charge on any atom is 0.306 e. The van der Waals surface area contributed by atoms with Crippen LogP contribution in [0.2, 0.25) is 0 Å². The maximum atomic E-state index is 11.6. The quantitative estimate of drug-likeness (QED) is 0.685. The molecule has 5 heteroatoms. The molecule has 0 aromatic heterocycles. The van der Waals surface area contributed by atoms with Gasteiger partial charge in [-0.15, -0.1) is 0 Å². The summed E-state index contributed by atoms with van der Waals surface area (Å²) < 4.78 is 5.14. The lowest BCUT2D eigenvalue weighted by molar-refractivity contribution is -0.156. The van der Waals surface area contributed by atoms with Crippen molar-refractivity contribution < 1.29 is 14.3 Å². The summed E-state index contributed by atoms with van der Waals surface area (Å²) in [5, 5.41) is 0. The summed E-state index contributed by atoms with van der Waals surface area (Å²) >= 11 is 1.69. The van der Waals surface area contributed by atoms with E-state index in [1.54, 1.807) is 23.7 Å². The van der Waals surface area contributed by atoms with Crippen molar-refractivity contribution in [1.29, 1.82) is 0 Å². The van der Waals surface area contributed by atoms with Crippen molar-refractivity contribution in [1.82, 2.24) is 4.90 Å². The second kappa shape index (κ2) is 7.58. The molecular weight excluding hydrogens is 238 g/mol. The Kier molecular flexibility index (Phi) is 7.27. The summed E-state index contributed by atoms with van der Waals surface area (Å²) in [6, 6.07) is 0. The molecule has 17 heavy (non-hydrogen) atoms. The highest BCUT2D eigenvalue weighted by Crippen LogP contribution is 2.09. The van der Waals surface area contributed by atoms with Gasteiger partial charge < -0.3 is 9.64 Å². The molecule has 0 spiro atoms. The molecule has 4 nitrogen and oxygen atoms in total. The van der Waals surface area contributed by atoms with Gasteiger partial charge in [-0.1, -0.05) is 0 Å². The molecule has 0 aromatic rings. The molecule has 0 unspecified atom stereocenters. The molecule has 0 rings (SSSR count). The molecule has 0 bridgehead atoms. The van der Waals surface area contributed by atoms with Gasteiger partial charge in [0.2, 0.25) is 5.91 Å². The predicted molar refractivity (Wildman–Crippen MR) is 71.1 cm³/mol. The van der Waals surface area contributed by atoms with Crippen LogP contribution >= 0.6 is 11.8 Å². The minimum absolute atomic E-state index is 0.00934. The van der Waals surface area contributed by atoms with Gasteiger partial charge in [0.25, 0.3) is 0 Å². The van der Waals surface area contributed by atoms with E-state index >= 15 is 0 Å². The van der Waals surface area contributed by atoms with Crippen LogP contribution in [0.15, 0.2) is 0 Å². The van der Waals surface area contributed by atoms with E-state index in [1.165, 1.54) is 0 Å². The third-order valence-electron chi connectivity index (χ3n) is 2.02. The van der Waals surface area contributed by atoms with Crippen molar-refractivity contribution in [3.8, 4) is 0 Å². The first-order valence-electron chi connectivity index (χ1n) is 5.71. The van der Waals surface area contributed by atoms with E-state index in [0.717, 1.165) is 5.75 Å². The lowest BCUT2D eigenvalue weighted by atomic mass is 10.2. The average molecular weight is 261 g/mol. The largest absolute Gasteiger partial charge is 0.460 e. The molecule has 0 aliphatic rings. The normalized spacial score (nSPS) is 11.1. The third kappa shape index (κ3) is 9.03. The highest BCUT2D eigenvalue weighted by Gasteiger charge is 2.18. The molecular formula is C12H23NO3S. The van der Waals surface area contributed by atoms with Crippen molar-refractivity contribution in [2.24, 2.45) is 0 Å². The molecule has 100 valence electrons. The van der Waals surface area contributed by atoms with Crippen LogP contribution in [0.3, 0.4) is 0 Å². The average Bonchev–Trinajstić information content (AvgIpc) is 2.20. The molecule has 0 aliphatic heterocycles. The lowest BCUT2D eigenvalue weighted by Gasteiger charge is -2.20. The zero-order chi connectivity index (χ0) is 13.5.